The van der Waals surface area contributed by atoms with Gasteiger partial charge in [-0.1, -0.05) is 32.1 Å². The van der Waals surface area contributed by atoms with Crippen LogP contribution in [0.15, 0.2) is 24.3 Å². The fourth-order valence-corrected chi connectivity index (χ4v) is 3.04. The Balaban J connectivity index is 2.52. The summed E-state index contributed by atoms with van der Waals surface area (Å²) in [6.45, 7) is 4.21. The Labute approximate surface area is 103 Å². The van der Waals surface area contributed by atoms with E-state index in [9.17, 15) is 8.42 Å². The number of sulfonamides is 1. The smallest absolute Gasteiger partial charge is 0.214 e. The van der Waals surface area contributed by atoms with Gasteiger partial charge in [0.05, 0.1) is 4.91 Å². The summed E-state index contributed by atoms with van der Waals surface area (Å²) in [5.41, 5.74) is 3.11. The van der Waals surface area contributed by atoms with Crippen LogP contribution in [-0.2, 0) is 16.4 Å². The van der Waals surface area contributed by atoms with Crippen LogP contribution in [0.4, 0.5) is 0 Å². The molecule has 0 bridgehead atoms. The van der Waals surface area contributed by atoms with Crippen molar-refractivity contribution in [3.8, 4) is 0 Å². The summed E-state index contributed by atoms with van der Waals surface area (Å²) in [5, 5.41) is 0. The predicted molar refractivity (Wildman–Crippen MR) is 70.2 cm³/mol. The molecule has 17 heavy (non-hydrogen) atoms. The molecule has 0 aromatic heterocycles. The number of rotatable bonds is 3. The van der Waals surface area contributed by atoms with Crippen molar-refractivity contribution in [3.05, 3.63) is 41.0 Å². The molecule has 1 aliphatic rings. The molecule has 0 amide bonds. The van der Waals surface area contributed by atoms with Crippen molar-refractivity contribution >= 4 is 14.9 Å². The first-order valence-electron chi connectivity index (χ1n) is 5.72. The third-order valence-electron chi connectivity index (χ3n) is 3.13. The molecular formula is C13H17NO2S. The Morgan fingerprint density at radius 2 is 2.00 bits per heavy atom. The van der Waals surface area contributed by atoms with Crippen LogP contribution in [0.5, 0.6) is 0 Å². The summed E-state index contributed by atoms with van der Waals surface area (Å²) >= 11 is 0. The van der Waals surface area contributed by atoms with E-state index in [2.05, 4.69) is 24.6 Å². The molecule has 0 atom stereocenters. The molecule has 1 aliphatic carbocycles. The van der Waals surface area contributed by atoms with Crippen LogP contribution in [0.1, 0.15) is 36.5 Å². The highest BCUT2D eigenvalue weighted by atomic mass is 32.2. The number of fused-ring (bicyclic) bond motifs is 1. The summed E-state index contributed by atoms with van der Waals surface area (Å²) < 4.78 is 26.1. The van der Waals surface area contributed by atoms with Gasteiger partial charge in [0.15, 0.2) is 0 Å². The molecule has 0 spiro atoms. The molecule has 3 nitrogen and oxygen atoms in total. The van der Waals surface area contributed by atoms with Gasteiger partial charge in [0.1, 0.15) is 0 Å². The first-order chi connectivity index (χ1) is 7.95. The lowest BCUT2D eigenvalue weighted by Gasteiger charge is -2.11. The van der Waals surface area contributed by atoms with E-state index < -0.39 is 10.0 Å². The monoisotopic (exact) mass is 251 g/mol. The van der Waals surface area contributed by atoms with E-state index in [4.69, 9.17) is 0 Å². The second kappa shape index (κ2) is 4.27. The summed E-state index contributed by atoms with van der Waals surface area (Å²) in [6, 6.07) is 6.10. The minimum absolute atomic E-state index is 0.402. The van der Waals surface area contributed by atoms with Crippen LogP contribution < -0.4 is 4.72 Å². The predicted octanol–water partition coefficient (Wildman–Crippen LogP) is 2.26. The Morgan fingerprint density at radius 1 is 1.29 bits per heavy atom. The molecule has 0 heterocycles. The van der Waals surface area contributed by atoms with Gasteiger partial charge < -0.3 is 0 Å². The molecule has 0 saturated heterocycles. The van der Waals surface area contributed by atoms with Gasteiger partial charge in [-0.05, 0) is 42.1 Å². The second-order valence-corrected chi connectivity index (χ2v) is 6.41. The lowest BCUT2D eigenvalue weighted by atomic mass is 9.98. The van der Waals surface area contributed by atoms with E-state index >= 15 is 0 Å². The molecule has 1 aromatic carbocycles. The van der Waals surface area contributed by atoms with Crippen molar-refractivity contribution in [2.45, 2.75) is 26.2 Å². The first-order valence-corrected chi connectivity index (χ1v) is 7.21. The lowest BCUT2D eigenvalue weighted by molar-refractivity contribution is 0.598. The minimum atomic E-state index is -3.34. The normalized spacial score (nSPS) is 14.9. The standard InChI is InChI=1S/C13H17NO2S/c1-9(2)11-5-4-10-6-7-13(12(10)8-11)17(15,16)14-3/h4-5,7-9,14H,6H2,1-3H3. The number of allylic oxidation sites excluding steroid dienone is 1. The van der Waals surface area contributed by atoms with Gasteiger partial charge in [-0.15, -0.1) is 0 Å². The van der Waals surface area contributed by atoms with Gasteiger partial charge in [-0.25, -0.2) is 13.1 Å². The number of hydrogen-bond donors (Lipinski definition) is 1. The highest BCUT2D eigenvalue weighted by Crippen LogP contribution is 2.33. The van der Waals surface area contributed by atoms with Crippen LogP contribution in [0, 0.1) is 0 Å². The van der Waals surface area contributed by atoms with Gasteiger partial charge >= 0.3 is 0 Å². The molecule has 0 fully saturated rings. The van der Waals surface area contributed by atoms with Crippen molar-refractivity contribution in [3.63, 3.8) is 0 Å². The Bertz CT molecular complexity index is 571. The first kappa shape index (κ1) is 12.3. The molecule has 4 heteroatoms. The minimum Gasteiger partial charge on any atom is -0.214 e. The molecule has 0 saturated carbocycles. The molecule has 1 aromatic rings. The summed E-state index contributed by atoms with van der Waals surface area (Å²) in [4.78, 5) is 0.414. The molecule has 2 rings (SSSR count). The maximum absolute atomic E-state index is 11.9. The summed E-state index contributed by atoms with van der Waals surface area (Å²) in [5.74, 6) is 0.402. The van der Waals surface area contributed by atoms with Crippen LogP contribution in [0.3, 0.4) is 0 Å². The van der Waals surface area contributed by atoms with Crippen molar-refractivity contribution in [2.24, 2.45) is 0 Å². The molecule has 92 valence electrons. The zero-order valence-electron chi connectivity index (χ0n) is 10.3. The van der Waals surface area contributed by atoms with E-state index in [0.717, 1.165) is 11.1 Å². The Hall–Kier alpha value is -1.13. The van der Waals surface area contributed by atoms with Crippen LogP contribution in [-0.4, -0.2) is 15.5 Å². The lowest BCUT2D eigenvalue weighted by Crippen LogP contribution is -2.19. The third-order valence-corrected chi connectivity index (χ3v) is 4.63. The zero-order valence-corrected chi connectivity index (χ0v) is 11.1. The van der Waals surface area contributed by atoms with Crippen LogP contribution >= 0.6 is 0 Å². The quantitative estimate of drug-likeness (QED) is 0.895. The van der Waals surface area contributed by atoms with Crippen LogP contribution in [0.25, 0.3) is 4.91 Å². The van der Waals surface area contributed by atoms with E-state index in [1.165, 1.54) is 12.6 Å². The van der Waals surface area contributed by atoms with Gasteiger partial charge in [0.25, 0.3) is 0 Å². The number of benzene rings is 1. The fourth-order valence-electron chi connectivity index (χ4n) is 2.04. The summed E-state index contributed by atoms with van der Waals surface area (Å²) in [6.07, 6.45) is 2.48. The van der Waals surface area contributed by atoms with E-state index in [1.807, 2.05) is 12.1 Å². The maximum atomic E-state index is 11.9. The van der Waals surface area contributed by atoms with Crippen molar-refractivity contribution in [2.75, 3.05) is 7.05 Å². The highest BCUT2D eigenvalue weighted by molar-refractivity contribution is 7.98. The van der Waals surface area contributed by atoms with Crippen molar-refractivity contribution in [1.82, 2.24) is 4.72 Å². The highest BCUT2D eigenvalue weighted by Gasteiger charge is 2.24. The van der Waals surface area contributed by atoms with E-state index in [0.29, 0.717) is 17.2 Å². The maximum Gasteiger partial charge on any atom is 0.240 e. The van der Waals surface area contributed by atoms with Gasteiger partial charge in [-0.2, -0.15) is 0 Å². The molecule has 0 aliphatic heterocycles. The number of nitrogens with one attached hydrogen (secondary N) is 1. The third kappa shape index (κ3) is 2.15. The Kier molecular flexibility index (Phi) is 3.10. The van der Waals surface area contributed by atoms with Crippen LogP contribution in [0.2, 0.25) is 0 Å². The van der Waals surface area contributed by atoms with E-state index in [-0.39, 0.29) is 0 Å². The fraction of sp³-hybridized carbons (Fsp3) is 0.385. The summed E-state index contributed by atoms with van der Waals surface area (Å²) in [7, 11) is -1.90. The zero-order chi connectivity index (χ0) is 12.6. The van der Waals surface area contributed by atoms with Gasteiger partial charge in [-0.3, -0.25) is 0 Å². The molecule has 1 N–H and O–H groups in total. The Morgan fingerprint density at radius 3 is 2.59 bits per heavy atom. The van der Waals surface area contributed by atoms with Gasteiger partial charge in [0.2, 0.25) is 10.0 Å². The van der Waals surface area contributed by atoms with Gasteiger partial charge in [0, 0.05) is 0 Å². The second-order valence-electron chi connectivity index (χ2n) is 4.55. The average molecular weight is 251 g/mol. The van der Waals surface area contributed by atoms with Crippen molar-refractivity contribution < 1.29 is 8.42 Å². The molecule has 0 radical (unpaired) electrons. The largest absolute Gasteiger partial charge is 0.240 e. The average Bonchev–Trinajstić information content (AvgIpc) is 2.72. The molecule has 0 unspecified atom stereocenters. The van der Waals surface area contributed by atoms with Crippen molar-refractivity contribution in [1.29, 1.82) is 0 Å². The van der Waals surface area contributed by atoms with E-state index in [1.54, 1.807) is 6.08 Å². The topological polar surface area (TPSA) is 46.2 Å². The number of hydrogen-bond acceptors (Lipinski definition) is 2. The SMILES string of the molecule is CNS(=O)(=O)C1=CCc2ccc(C(C)C)cc21. The molecular weight excluding hydrogens is 234 g/mol.